The first-order valence-electron chi connectivity index (χ1n) is 14.1. The van der Waals surface area contributed by atoms with Crippen LogP contribution in [0.2, 0.25) is 0 Å². The van der Waals surface area contributed by atoms with Crippen LogP contribution in [0.5, 0.6) is 5.75 Å². The third-order valence-electron chi connectivity index (χ3n) is 7.52. The van der Waals surface area contributed by atoms with Crippen molar-refractivity contribution in [2.45, 2.75) is 25.9 Å². The zero-order valence-corrected chi connectivity index (χ0v) is 23.9. The van der Waals surface area contributed by atoms with Crippen LogP contribution in [0.1, 0.15) is 35.1 Å². The minimum atomic E-state index is -0.798. The number of hydrogen-bond donors (Lipinski definition) is 3. The number of carbonyl (C=O) groups is 1. The van der Waals surface area contributed by atoms with Gasteiger partial charge in [-0.1, -0.05) is 103 Å². The molecule has 218 valence electrons. The predicted molar refractivity (Wildman–Crippen MR) is 169 cm³/mol. The van der Waals surface area contributed by atoms with Crippen molar-refractivity contribution in [3.63, 3.8) is 0 Å². The number of nitrogens with one attached hydrogen (secondary N) is 1. The molecule has 0 aliphatic carbocycles. The summed E-state index contributed by atoms with van der Waals surface area (Å²) >= 11 is 0. The summed E-state index contributed by atoms with van der Waals surface area (Å²) in [4.78, 5) is 27.6. The molecular weight excluding hydrogens is 540 g/mol. The van der Waals surface area contributed by atoms with Crippen molar-refractivity contribution >= 4 is 22.7 Å². The van der Waals surface area contributed by atoms with Crippen LogP contribution in [0.15, 0.2) is 130 Å². The Balaban J connectivity index is 1.67. The number of nitrogens with zero attached hydrogens (tertiary/aromatic N) is 2. The van der Waals surface area contributed by atoms with Crippen LogP contribution in [0.25, 0.3) is 11.0 Å². The van der Waals surface area contributed by atoms with Crippen molar-refractivity contribution in [2.24, 2.45) is 16.8 Å². The molecule has 5 rings (SSSR count). The molecule has 4 N–H and O–H groups in total. The molecule has 4 aromatic carbocycles. The third kappa shape index (κ3) is 7.17. The second kappa shape index (κ2) is 13.6. The Morgan fingerprint density at radius 2 is 1.40 bits per heavy atom. The number of hydrogen-bond acceptors (Lipinski definition) is 6. The van der Waals surface area contributed by atoms with Gasteiger partial charge in [-0.3, -0.25) is 4.90 Å². The number of carbonyl (C=O) groups excluding carboxylic acids is 1. The molecule has 0 saturated heterocycles. The van der Waals surface area contributed by atoms with Crippen molar-refractivity contribution in [3.05, 3.63) is 148 Å². The maximum atomic E-state index is 13.7. The van der Waals surface area contributed by atoms with Gasteiger partial charge in [-0.25, -0.2) is 15.0 Å². The van der Waals surface area contributed by atoms with Gasteiger partial charge in [-0.15, -0.1) is 0 Å². The number of aromatic hydroxyl groups is 1. The molecule has 0 radical (unpaired) electrons. The molecule has 0 bridgehead atoms. The Labute approximate surface area is 250 Å². The molecule has 43 heavy (non-hydrogen) atoms. The van der Waals surface area contributed by atoms with Gasteiger partial charge in [0.25, 0.3) is 0 Å². The van der Waals surface area contributed by atoms with Gasteiger partial charge in [-0.05, 0) is 35.7 Å². The van der Waals surface area contributed by atoms with E-state index in [9.17, 15) is 14.7 Å². The summed E-state index contributed by atoms with van der Waals surface area (Å²) in [5, 5.41) is 16.4. The fourth-order valence-electron chi connectivity index (χ4n) is 5.53. The molecule has 0 fully saturated rings. The first-order chi connectivity index (χ1) is 20.9. The molecule has 1 aromatic heterocycles. The molecule has 2 unspecified atom stereocenters. The molecule has 2 amide bonds. The second-order valence-corrected chi connectivity index (χ2v) is 10.5. The van der Waals surface area contributed by atoms with Crippen LogP contribution in [0, 0.1) is 5.92 Å². The number of amides is 2. The Morgan fingerprint density at radius 3 is 1.98 bits per heavy atom. The molecule has 0 spiro atoms. The lowest BCUT2D eigenvalue weighted by Crippen LogP contribution is -2.38. The maximum absolute atomic E-state index is 13.7. The summed E-state index contributed by atoms with van der Waals surface area (Å²) in [6.07, 6.45) is 0. The highest BCUT2D eigenvalue weighted by Crippen LogP contribution is 2.39. The van der Waals surface area contributed by atoms with Gasteiger partial charge in [0.15, 0.2) is 0 Å². The van der Waals surface area contributed by atoms with Crippen LogP contribution < -0.4 is 16.8 Å². The van der Waals surface area contributed by atoms with Crippen LogP contribution in [0.4, 0.5) is 4.79 Å². The van der Waals surface area contributed by atoms with Crippen molar-refractivity contribution in [1.29, 1.82) is 0 Å². The zero-order valence-electron chi connectivity index (χ0n) is 23.9. The highest BCUT2D eigenvalue weighted by molar-refractivity contribution is 5.89. The monoisotopic (exact) mass is 574 g/mol. The molecule has 0 aliphatic heterocycles. The number of hydrazone groups is 1. The van der Waals surface area contributed by atoms with E-state index >= 15 is 0 Å². The van der Waals surface area contributed by atoms with E-state index in [-0.39, 0.29) is 11.3 Å². The Morgan fingerprint density at radius 1 is 0.860 bits per heavy atom. The van der Waals surface area contributed by atoms with Gasteiger partial charge < -0.3 is 15.3 Å². The van der Waals surface area contributed by atoms with Crippen LogP contribution in [-0.2, 0) is 13.1 Å². The first-order valence-corrected chi connectivity index (χ1v) is 14.1. The highest BCUT2D eigenvalue weighted by Gasteiger charge is 2.35. The van der Waals surface area contributed by atoms with Crippen molar-refractivity contribution in [2.75, 3.05) is 6.54 Å². The number of fused-ring (bicyclic) bond motifs is 1. The van der Waals surface area contributed by atoms with E-state index in [2.05, 4.69) is 39.7 Å². The standard InChI is InChI=1S/C35H34N4O4/c1-24(37-38-35(36)42)29(23-39(21-25-13-5-2-6-14-25)22-26-15-7-3-8-16-26)31(27-17-9-4-10-18-27)32-33(40)28-19-11-12-20-30(28)43-34(32)41/h2-20,29,31,40H,21-23H2,1H3,(H3,36,38,42)/b37-24+. The molecule has 0 aliphatic rings. The van der Waals surface area contributed by atoms with E-state index in [1.165, 1.54) is 0 Å². The summed E-state index contributed by atoms with van der Waals surface area (Å²) in [6.45, 7) is 3.44. The Hall–Kier alpha value is -5.21. The number of rotatable bonds is 11. The van der Waals surface area contributed by atoms with Crippen molar-refractivity contribution in [3.8, 4) is 5.75 Å². The third-order valence-corrected chi connectivity index (χ3v) is 7.52. The van der Waals surface area contributed by atoms with E-state index in [1.54, 1.807) is 31.2 Å². The molecule has 5 aromatic rings. The summed E-state index contributed by atoms with van der Waals surface area (Å²) in [5.41, 5.74) is 11.1. The Kier molecular flexibility index (Phi) is 9.29. The highest BCUT2D eigenvalue weighted by atomic mass is 16.4. The topological polar surface area (TPSA) is 121 Å². The fourth-order valence-corrected chi connectivity index (χ4v) is 5.53. The lowest BCUT2D eigenvalue weighted by atomic mass is 9.78. The molecule has 8 nitrogen and oxygen atoms in total. The largest absolute Gasteiger partial charge is 0.507 e. The van der Waals surface area contributed by atoms with E-state index in [1.807, 2.05) is 66.7 Å². The number of para-hydroxylation sites is 1. The maximum Gasteiger partial charge on any atom is 0.343 e. The van der Waals surface area contributed by atoms with Gasteiger partial charge in [0, 0.05) is 37.2 Å². The summed E-state index contributed by atoms with van der Waals surface area (Å²) in [5.74, 6) is -1.30. The molecule has 0 saturated carbocycles. The van der Waals surface area contributed by atoms with Crippen molar-refractivity contribution < 1.29 is 14.3 Å². The van der Waals surface area contributed by atoms with Crippen LogP contribution in [0.3, 0.4) is 0 Å². The van der Waals surface area contributed by atoms with E-state index in [0.717, 1.165) is 16.7 Å². The van der Waals surface area contributed by atoms with E-state index in [4.69, 9.17) is 10.2 Å². The van der Waals surface area contributed by atoms with E-state index < -0.39 is 23.5 Å². The van der Waals surface area contributed by atoms with Crippen LogP contribution >= 0.6 is 0 Å². The quantitative estimate of drug-likeness (QED) is 0.102. The summed E-state index contributed by atoms with van der Waals surface area (Å²) in [6, 6.07) is 35.9. The number of nitrogens with two attached hydrogens (primary N) is 1. The smallest absolute Gasteiger partial charge is 0.343 e. The minimum Gasteiger partial charge on any atom is -0.507 e. The molecule has 8 heteroatoms. The van der Waals surface area contributed by atoms with Gasteiger partial charge in [0.2, 0.25) is 0 Å². The number of urea groups is 1. The zero-order chi connectivity index (χ0) is 30.2. The van der Waals surface area contributed by atoms with E-state index in [0.29, 0.717) is 36.3 Å². The van der Waals surface area contributed by atoms with Crippen LogP contribution in [-0.4, -0.2) is 28.3 Å². The average Bonchev–Trinajstić information content (AvgIpc) is 3.02. The normalized spacial score (nSPS) is 13.1. The number of primary amides is 1. The molecular formula is C35H34N4O4. The Bertz CT molecular complexity index is 1710. The van der Waals surface area contributed by atoms with Crippen molar-refractivity contribution in [1.82, 2.24) is 10.3 Å². The number of benzene rings is 4. The average molecular weight is 575 g/mol. The van der Waals surface area contributed by atoms with Gasteiger partial charge in [0.05, 0.1) is 10.9 Å². The molecule has 2 atom stereocenters. The first kappa shape index (κ1) is 29.3. The predicted octanol–water partition coefficient (Wildman–Crippen LogP) is 5.99. The summed E-state index contributed by atoms with van der Waals surface area (Å²) in [7, 11) is 0. The second-order valence-electron chi connectivity index (χ2n) is 10.5. The lowest BCUT2D eigenvalue weighted by molar-refractivity contribution is 0.228. The minimum absolute atomic E-state index is 0.128. The SMILES string of the molecule is C/C(=N\NC(N)=O)C(CN(Cc1ccccc1)Cc1ccccc1)C(c1ccccc1)c1c(O)c2ccccc2oc1=O. The van der Waals surface area contributed by atoms with Gasteiger partial charge >= 0.3 is 11.7 Å². The van der Waals surface area contributed by atoms with Gasteiger partial charge in [-0.2, -0.15) is 5.10 Å². The molecule has 1 heterocycles. The fraction of sp³-hybridized carbons (Fsp3) is 0.171. The lowest BCUT2D eigenvalue weighted by Gasteiger charge is -2.33. The summed E-state index contributed by atoms with van der Waals surface area (Å²) < 4.78 is 5.74. The van der Waals surface area contributed by atoms with Gasteiger partial charge in [0.1, 0.15) is 11.3 Å².